The van der Waals surface area contributed by atoms with Gasteiger partial charge in [0.2, 0.25) is 0 Å². The lowest BCUT2D eigenvalue weighted by Gasteiger charge is -2.08. The molecule has 0 spiro atoms. The first-order valence-corrected chi connectivity index (χ1v) is 6.28. The van der Waals surface area contributed by atoms with Crippen molar-refractivity contribution in [1.29, 1.82) is 0 Å². The lowest BCUT2D eigenvalue weighted by Crippen LogP contribution is -2.35. The fraction of sp³-hybridized carbons (Fsp3) is 0.133. The molecule has 2 amide bonds. The summed E-state index contributed by atoms with van der Waals surface area (Å²) < 4.78 is 5.30. The van der Waals surface area contributed by atoms with E-state index in [0.29, 0.717) is 5.75 Å². The van der Waals surface area contributed by atoms with Crippen molar-refractivity contribution in [2.45, 2.75) is 0 Å². The zero-order chi connectivity index (χ0) is 15.2. The predicted octanol–water partition coefficient (Wildman–Crippen LogP) is 1.04. The quantitative estimate of drug-likeness (QED) is 0.502. The van der Waals surface area contributed by atoms with E-state index in [4.69, 9.17) is 4.74 Å². The third-order valence-electron chi connectivity index (χ3n) is 2.94. The summed E-state index contributed by atoms with van der Waals surface area (Å²) in [6, 6.07) is 11.5. The van der Waals surface area contributed by atoms with Crippen LogP contribution in [0.4, 0.5) is 0 Å². The van der Waals surface area contributed by atoms with Gasteiger partial charge in [-0.05, 0) is 16.8 Å². The zero-order valence-electron chi connectivity index (χ0n) is 11.7. The Morgan fingerprint density at radius 3 is 2.62 bits per heavy atom. The van der Waals surface area contributed by atoms with Gasteiger partial charge < -0.3 is 10.1 Å². The molecule has 0 atom stereocenters. The largest absolute Gasteiger partial charge is 0.496 e. The molecule has 108 valence electrons. The van der Waals surface area contributed by atoms with Crippen LogP contribution in [0.3, 0.4) is 0 Å². The predicted molar refractivity (Wildman–Crippen MR) is 80.3 cm³/mol. The van der Waals surface area contributed by atoms with Crippen LogP contribution >= 0.6 is 0 Å². The van der Waals surface area contributed by atoms with Crippen LogP contribution < -0.4 is 15.5 Å². The Labute approximate surface area is 121 Å². The third kappa shape index (κ3) is 3.17. The van der Waals surface area contributed by atoms with E-state index in [1.165, 1.54) is 13.3 Å². The summed E-state index contributed by atoms with van der Waals surface area (Å²) in [5.74, 6) is -0.948. The van der Waals surface area contributed by atoms with E-state index >= 15 is 0 Å². The number of hydrogen-bond donors (Lipinski definition) is 2. The molecular formula is C15H15N3O3. The molecule has 0 fully saturated rings. The standard InChI is InChI=1S/C15H15N3O3/c1-16-14(19)15(20)18-17-9-12-11-6-4-3-5-10(11)7-8-13(12)21-2/h3-9H,1-2H3,(H,16,19)(H,18,20)/b17-9-. The average molecular weight is 285 g/mol. The van der Waals surface area contributed by atoms with Crippen molar-refractivity contribution in [1.82, 2.24) is 10.7 Å². The summed E-state index contributed by atoms with van der Waals surface area (Å²) in [4.78, 5) is 22.4. The van der Waals surface area contributed by atoms with Crippen molar-refractivity contribution >= 4 is 28.8 Å². The van der Waals surface area contributed by atoms with Crippen LogP contribution in [-0.2, 0) is 9.59 Å². The maximum atomic E-state index is 11.3. The van der Waals surface area contributed by atoms with Gasteiger partial charge in [-0.3, -0.25) is 9.59 Å². The molecule has 0 aromatic heterocycles. The van der Waals surface area contributed by atoms with Gasteiger partial charge in [-0.1, -0.05) is 30.3 Å². The highest BCUT2D eigenvalue weighted by molar-refractivity contribution is 6.35. The second-order valence-corrected chi connectivity index (χ2v) is 4.18. The Kier molecular flexibility index (Phi) is 4.50. The number of hydrogen-bond acceptors (Lipinski definition) is 4. The molecule has 0 aliphatic carbocycles. The lowest BCUT2D eigenvalue weighted by molar-refractivity contribution is -0.138. The minimum absolute atomic E-state index is 0.631. The van der Waals surface area contributed by atoms with Gasteiger partial charge in [-0.25, -0.2) is 5.43 Å². The molecule has 6 nitrogen and oxygen atoms in total. The molecule has 21 heavy (non-hydrogen) atoms. The van der Waals surface area contributed by atoms with Gasteiger partial charge in [0.15, 0.2) is 0 Å². The number of ether oxygens (including phenoxy) is 1. The van der Waals surface area contributed by atoms with E-state index in [-0.39, 0.29) is 0 Å². The first-order valence-electron chi connectivity index (χ1n) is 6.28. The topological polar surface area (TPSA) is 79.8 Å². The highest BCUT2D eigenvalue weighted by Crippen LogP contribution is 2.26. The van der Waals surface area contributed by atoms with Crippen LogP contribution in [0.2, 0.25) is 0 Å². The van der Waals surface area contributed by atoms with Crippen LogP contribution in [0, 0.1) is 0 Å². The van der Waals surface area contributed by atoms with Crippen molar-refractivity contribution in [3.05, 3.63) is 42.0 Å². The molecule has 0 radical (unpaired) electrons. The normalized spacial score (nSPS) is 10.6. The van der Waals surface area contributed by atoms with E-state index in [1.807, 2.05) is 36.4 Å². The summed E-state index contributed by atoms with van der Waals surface area (Å²) in [5, 5.41) is 7.98. The van der Waals surface area contributed by atoms with Crippen molar-refractivity contribution in [2.24, 2.45) is 5.10 Å². The van der Waals surface area contributed by atoms with Gasteiger partial charge in [0.1, 0.15) is 5.75 Å². The highest BCUT2D eigenvalue weighted by Gasteiger charge is 2.10. The molecule has 0 saturated carbocycles. The Morgan fingerprint density at radius 2 is 1.90 bits per heavy atom. The van der Waals surface area contributed by atoms with E-state index in [0.717, 1.165) is 16.3 Å². The second-order valence-electron chi connectivity index (χ2n) is 4.18. The SMILES string of the molecule is CNC(=O)C(=O)N/N=C\c1c(OC)ccc2ccccc12. The number of carbonyl (C=O) groups is 2. The molecule has 6 heteroatoms. The number of fused-ring (bicyclic) bond motifs is 1. The van der Waals surface area contributed by atoms with E-state index in [1.54, 1.807) is 7.11 Å². The summed E-state index contributed by atoms with van der Waals surface area (Å²) in [5.41, 5.74) is 2.89. The van der Waals surface area contributed by atoms with Gasteiger partial charge in [-0.2, -0.15) is 5.10 Å². The third-order valence-corrected chi connectivity index (χ3v) is 2.94. The number of amides is 2. The van der Waals surface area contributed by atoms with Crippen LogP contribution in [0.1, 0.15) is 5.56 Å². The Morgan fingerprint density at radius 1 is 1.14 bits per heavy atom. The molecular weight excluding hydrogens is 270 g/mol. The van der Waals surface area contributed by atoms with E-state index < -0.39 is 11.8 Å². The molecule has 0 bridgehead atoms. The van der Waals surface area contributed by atoms with E-state index in [2.05, 4.69) is 15.8 Å². The number of rotatable bonds is 3. The highest BCUT2D eigenvalue weighted by atomic mass is 16.5. The number of methoxy groups -OCH3 is 1. The maximum absolute atomic E-state index is 11.3. The number of nitrogens with one attached hydrogen (secondary N) is 2. The molecule has 0 unspecified atom stereocenters. The molecule has 2 aromatic rings. The van der Waals surface area contributed by atoms with Crippen LogP contribution in [0.5, 0.6) is 5.75 Å². The Hall–Kier alpha value is -2.89. The maximum Gasteiger partial charge on any atom is 0.329 e. The Balaban J connectivity index is 2.32. The molecule has 0 heterocycles. The minimum atomic E-state index is -0.826. The molecule has 0 saturated heterocycles. The number of benzene rings is 2. The smallest absolute Gasteiger partial charge is 0.329 e. The van der Waals surface area contributed by atoms with Crippen molar-refractivity contribution < 1.29 is 14.3 Å². The summed E-state index contributed by atoms with van der Waals surface area (Å²) in [7, 11) is 2.93. The molecule has 0 aliphatic heterocycles. The number of likely N-dealkylation sites (N-methyl/N-ethyl adjacent to an activating group) is 1. The summed E-state index contributed by atoms with van der Waals surface area (Å²) >= 11 is 0. The van der Waals surface area contributed by atoms with Gasteiger partial charge in [0, 0.05) is 12.6 Å². The number of carbonyl (C=O) groups excluding carboxylic acids is 2. The summed E-state index contributed by atoms with van der Waals surface area (Å²) in [6.07, 6.45) is 1.46. The lowest BCUT2D eigenvalue weighted by atomic mass is 10.0. The van der Waals surface area contributed by atoms with Crippen molar-refractivity contribution in [3.8, 4) is 5.75 Å². The minimum Gasteiger partial charge on any atom is -0.496 e. The number of nitrogens with zero attached hydrogens (tertiary/aromatic N) is 1. The molecule has 2 aromatic carbocycles. The van der Waals surface area contributed by atoms with Gasteiger partial charge >= 0.3 is 11.8 Å². The Bertz CT molecular complexity index is 710. The first-order chi connectivity index (χ1) is 10.2. The fourth-order valence-corrected chi connectivity index (χ4v) is 1.91. The summed E-state index contributed by atoms with van der Waals surface area (Å²) in [6.45, 7) is 0. The molecule has 2 N–H and O–H groups in total. The van der Waals surface area contributed by atoms with Crippen LogP contribution in [-0.4, -0.2) is 32.2 Å². The van der Waals surface area contributed by atoms with Crippen LogP contribution in [0.15, 0.2) is 41.5 Å². The van der Waals surface area contributed by atoms with Crippen molar-refractivity contribution in [2.75, 3.05) is 14.2 Å². The molecule has 2 rings (SSSR count). The monoisotopic (exact) mass is 285 g/mol. The average Bonchev–Trinajstić information content (AvgIpc) is 2.53. The second kappa shape index (κ2) is 6.51. The zero-order valence-corrected chi connectivity index (χ0v) is 11.7. The fourth-order valence-electron chi connectivity index (χ4n) is 1.91. The molecule has 0 aliphatic rings. The number of hydrazone groups is 1. The van der Waals surface area contributed by atoms with Crippen molar-refractivity contribution in [3.63, 3.8) is 0 Å². The van der Waals surface area contributed by atoms with Gasteiger partial charge in [-0.15, -0.1) is 0 Å². The van der Waals surface area contributed by atoms with Gasteiger partial charge in [0.05, 0.1) is 13.3 Å². The first kappa shape index (κ1) is 14.5. The van der Waals surface area contributed by atoms with E-state index in [9.17, 15) is 9.59 Å². The van der Waals surface area contributed by atoms with Crippen LogP contribution in [0.25, 0.3) is 10.8 Å². The van der Waals surface area contributed by atoms with Gasteiger partial charge in [0.25, 0.3) is 0 Å².